The lowest BCUT2D eigenvalue weighted by atomic mass is 10.1. The highest BCUT2D eigenvalue weighted by Crippen LogP contribution is 2.14. The molecule has 5 heteroatoms. The van der Waals surface area contributed by atoms with E-state index < -0.39 is 0 Å². The van der Waals surface area contributed by atoms with E-state index in [1.165, 1.54) is 5.56 Å². The van der Waals surface area contributed by atoms with Gasteiger partial charge in [0, 0.05) is 31.1 Å². The Morgan fingerprint density at radius 2 is 2.20 bits per heavy atom. The molecule has 0 unspecified atom stereocenters. The van der Waals surface area contributed by atoms with Crippen molar-refractivity contribution in [1.29, 1.82) is 0 Å². The van der Waals surface area contributed by atoms with Gasteiger partial charge in [-0.3, -0.25) is 4.99 Å². The van der Waals surface area contributed by atoms with Crippen LogP contribution in [0.15, 0.2) is 29.3 Å². The number of benzene rings is 1. The molecule has 0 saturated carbocycles. The van der Waals surface area contributed by atoms with Crippen LogP contribution >= 0.6 is 11.8 Å². The van der Waals surface area contributed by atoms with Gasteiger partial charge in [0.1, 0.15) is 5.75 Å². The minimum absolute atomic E-state index is 0.705. The summed E-state index contributed by atoms with van der Waals surface area (Å²) in [5.74, 6) is 3.92. The van der Waals surface area contributed by atoms with Crippen molar-refractivity contribution in [3.63, 3.8) is 0 Å². The van der Waals surface area contributed by atoms with Crippen molar-refractivity contribution in [3.8, 4) is 5.75 Å². The van der Waals surface area contributed by atoms with E-state index >= 15 is 0 Å². The van der Waals surface area contributed by atoms with Crippen molar-refractivity contribution in [2.24, 2.45) is 10.7 Å². The molecule has 0 atom stereocenters. The van der Waals surface area contributed by atoms with E-state index in [9.17, 15) is 0 Å². The molecular formula is C15H23N3OS. The Labute approximate surface area is 125 Å². The molecular weight excluding hydrogens is 270 g/mol. The van der Waals surface area contributed by atoms with Crippen LogP contribution in [-0.4, -0.2) is 49.1 Å². The van der Waals surface area contributed by atoms with Crippen LogP contribution in [0.1, 0.15) is 12.0 Å². The molecule has 1 aliphatic heterocycles. The number of aryl methyl sites for hydroxylation is 1. The molecule has 20 heavy (non-hydrogen) atoms. The van der Waals surface area contributed by atoms with Crippen LogP contribution in [0.5, 0.6) is 5.75 Å². The fourth-order valence-corrected chi connectivity index (χ4v) is 3.10. The molecule has 0 aliphatic carbocycles. The van der Waals surface area contributed by atoms with Gasteiger partial charge in [0.05, 0.1) is 7.11 Å². The summed E-state index contributed by atoms with van der Waals surface area (Å²) in [6, 6.07) is 8.19. The third kappa shape index (κ3) is 4.63. The van der Waals surface area contributed by atoms with E-state index in [2.05, 4.69) is 22.0 Å². The topological polar surface area (TPSA) is 50.9 Å². The Morgan fingerprint density at radius 3 is 2.95 bits per heavy atom. The lowest BCUT2D eigenvalue weighted by Crippen LogP contribution is -2.42. The summed E-state index contributed by atoms with van der Waals surface area (Å²) in [4.78, 5) is 6.67. The Morgan fingerprint density at radius 1 is 1.40 bits per heavy atom. The van der Waals surface area contributed by atoms with Gasteiger partial charge in [-0.25, -0.2) is 0 Å². The van der Waals surface area contributed by atoms with Gasteiger partial charge in [-0.15, -0.1) is 0 Å². The molecule has 1 aliphatic rings. The Kier molecular flexibility index (Phi) is 6.05. The van der Waals surface area contributed by atoms with Crippen LogP contribution in [0, 0.1) is 0 Å². The smallest absolute Gasteiger partial charge is 0.191 e. The van der Waals surface area contributed by atoms with E-state index in [4.69, 9.17) is 10.5 Å². The first-order valence-electron chi connectivity index (χ1n) is 7.05. The Bertz CT molecular complexity index is 444. The van der Waals surface area contributed by atoms with E-state index in [-0.39, 0.29) is 0 Å². The van der Waals surface area contributed by atoms with E-state index in [0.29, 0.717) is 5.96 Å². The fourth-order valence-electron chi connectivity index (χ4n) is 2.20. The third-order valence-corrected chi connectivity index (χ3v) is 4.31. The molecule has 110 valence electrons. The predicted octanol–water partition coefficient (Wildman–Crippen LogP) is 1.99. The van der Waals surface area contributed by atoms with Crippen LogP contribution < -0.4 is 10.5 Å². The maximum atomic E-state index is 6.02. The number of ether oxygens (including phenoxy) is 1. The second-order valence-electron chi connectivity index (χ2n) is 4.79. The van der Waals surface area contributed by atoms with E-state index in [1.54, 1.807) is 7.11 Å². The Hall–Kier alpha value is -1.36. The van der Waals surface area contributed by atoms with Crippen molar-refractivity contribution >= 4 is 17.7 Å². The van der Waals surface area contributed by atoms with E-state index in [1.807, 2.05) is 23.9 Å². The monoisotopic (exact) mass is 293 g/mol. The maximum Gasteiger partial charge on any atom is 0.191 e. The highest BCUT2D eigenvalue weighted by atomic mass is 32.2. The lowest BCUT2D eigenvalue weighted by molar-refractivity contribution is 0.414. The number of thioether (sulfide) groups is 1. The summed E-state index contributed by atoms with van der Waals surface area (Å²) in [5.41, 5.74) is 7.30. The van der Waals surface area contributed by atoms with Gasteiger partial charge in [-0.2, -0.15) is 11.8 Å². The highest BCUT2D eigenvalue weighted by molar-refractivity contribution is 7.99. The number of rotatable bonds is 5. The summed E-state index contributed by atoms with van der Waals surface area (Å²) < 4.78 is 5.22. The van der Waals surface area contributed by atoms with Gasteiger partial charge < -0.3 is 15.4 Å². The first kappa shape index (κ1) is 15.0. The molecule has 0 aromatic heterocycles. The van der Waals surface area contributed by atoms with Gasteiger partial charge in [0.2, 0.25) is 0 Å². The van der Waals surface area contributed by atoms with Gasteiger partial charge in [-0.1, -0.05) is 12.1 Å². The zero-order valence-electron chi connectivity index (χ0n) is 12.0. The molecule has 2 rings (SSSR count). The second kappa shape index (κ2) is 8.04. The van der Waals surface area contributed by atoms with Gasteiger partial charge >= 0.3 is 0 Å². The van der Waals surface area contributed by atoms with Crippen LogP contribution in [0.25, 0.3) is 0 Å². The van der Waals surface area contributed by atoms with Crippen molar-refractivity contribution < 1.29 is 4.74 Å². The third-order valence-electron chi connectivity index (χ3n) is 3.37. The van der Waals surface area contributed by atoms with Crippen molar-refractivity contribution in [3.05, 3.63) is 29.8 Å². The molecule has 0 spiro atoms. The molecule has 0 bridgehead atoms. The summed E-state index contributed by atoms with van der Waals surface area (Å²) in [7, 11) is 1.70. The SMILES string of the molecule is COc1cccc(CCCN=C(N)N2CCSCC2)c1. The first-order chi connectivity index (χ1) is 9.79. The minimum Gasteiger partial charge on any atom is -0.497 e. The lowest BCUT2D eigenvalue weighted by Gasteiger charge is -2.27. The van der Waals surface area contributed by atoms with Crippen LogP contribution in [0.2, 0.25) is 0 Å². The summed E-state index contributed by atoms with van der Waals surface area (Å²) in [5, 5.41) is 0. The zero-order valence-corrected chi connectivity index (χ0v) is 12.9. The molecule has 1 heterocycles. The number of methoxy groups -OCH3 is 1. The number of hydrogen-bond donors (Lipinski definition) is 1. The van der Waals surface area contributed by atoms with Crippen LogP contribution in [0.4, 0.5) is 0 Å². The van der Waals surface area contributed by atoms with Gasteiger partial charge in [-0.05, 0) is 30.5 Å². The number of nitrogens with zero attached hydrogens (tertiary/aromatic N) is 2. The van der Waals surface area contributed by atoms with Crippen LogP contribution in [0.3, 0.4) is 0 Å². The molecule has 0 radical (unpaired) electrons. The number of aliphatic imine (C=N–C) groups is 1. The van der Waals surface area contributed by atoms with Gasteiger partial charge in [0.15, 0.2) is 5.96 Å². The summed E-state index contributed by atoms with van der Waals surface area (Å²) in [6.07, 6.45) is 2.01. The predicted molar refractivity (Wildman–Crippen MR) is 86.7 cm³/mol. The number of nitrogens with two attached hydrogens (primary N) is 1. The van der Waals surface area contributed by atoms with E-state index in [0.717, 1.165) is 49.7 Å². The molecule has 2 N–H and O–H groups in total. The Balaban J connectivity index is 1.74. The fraction of sp³-hybridized carbons (Fsp3) is 0.533. The summed E-state index contributed by atoms with van der Waals surface area (Å²) in [6.45, 7) is 2.83. The van der Waals surface area contributed by atoms with Gasteiger partial charge in [0.25, 0.3) is 0 Å². The zero-order chi connectivity index (χ0) is 14.2. The average Bonchev–Trinajstić information content (AvgIpc) is 2.52. The normalized spacial score (nSPS) is 16.2. The molecule has 1 fully saturated rings. The molecule has 0 amide bonds. The quantitative estimate of drug-likeness (QED) is 0.512. The second-order valence-corrected chi connectivity index (χ2v) is 6.02. The largest absolute Gasteiger partial charge is 0.497 e. The minimum atomic E-state index is 0.705. The van der Waals surface area contributed by atoms with Crippen molar-refractivity contribution in [1.82, 2.24) is 4.90 Å². The maximum absolute atomic E-state index is 6.02. The number of hydrogen-bond acceptors (Lipinski definition) is 3. The van der Waals surface area contributed by atoms with Crippen molar-refractivity contribution in [2.45, 2.75) is 12.8 Å². The molecule has 1 aromatic carbocycles. The van der Waals surface area contributed by atoms with Crippen molar-refractivity contribution in [2.75, 3.05) is 38.2 Å². The molecule has 1 aromatic rings. The highest BCUT2D eigenvalue weighted by Gasteiger charge is 2.11. The molecule has 1 saturated heterocycles. The molecule has 4 nitrogen and oxygen atoms in total. The van der Waals surface area contributed by atoms with Crippen LogP contribution in [-0.2, 0) is 6.42 Å². The summed E-state index contributed by atoms with van der Waals surface area (Å²) >= 11 is 1.98. The first-order valence-corrected chi connectivity index (χ1v) is 8.20. The standard InChI is InChI=1S/C15H23N3OS/c1-19-14-6-2-4-13(12-14)5-3-7-17-15(16)18-8-10-20-11-9-18/h2,4,6,12H,3,5,7-11H2,1H3,(H2,16,17). The average molecular weight is 293 g/mol. The number of guanidine groups is 1.